The van der Waals surface area contributed by atoms with Gasteiger partial charge in [0.15, 0.2) is 0 Å². The van der Waals surface area contributed by atoms with Crippen molar-refractivity contribution in [1.29, 1.82) is 0 Å². The fourth-order valence-electron chi connectivity index (χ4n) is 1.37. The van der Waals surface area contributed by atoms with E-state index in [0.717, 1.165) is 12.0 Å². The van der Waals surface area contributed by atoms with Gasteiger partial charge in [-0.15, -0.1) is 0 Å². The monoisotopic (exact) mass is 238 g/mol. The Morgan fingerprint density at radius 3 is 2.29 bits per heavy atom. The zero-order chi connectivity index (χ0) is 12.8. The van der Waals surface area contributed by atoms with Crippen LogP contribution in [0.25, 0.3) is 0 Å². The van der Waals surface area contributed by atoms with Gasteiger partial charge in [0.1, 0.15) is 0 Å². The summed E-state index contributed by atoms with van der Waals surface area (Å²) < 4.78 is 17.9. The van der Waals surface area contributed by atoms with Crippen molar-refractivity contribution >= 4 is 11.8 Å². The highest BCUT2D eigenvalue weighted by atomic mass is 19.1. The number of carbonyl (C=O) groups excluding carboxylic acids is 2. The molecule has 3 nitrogen and oxygen atoms in total. The molecule has 0 aliphatic rings. The smallest absolute Gasteiger partial charge is 0.348 e. The molecule has 1 aromatic carbocycles. The number of aryl methyl sites for hydroxylation is 1. The molecule has 1 aromatic rings. The molecule has 1 unspecified atom stereocenters. The summed E-state index contributed by atoms with van der Waals surface area (Å²) in [6.45, 7) is 3.60. The summed E-state index contributed by atoms with van der Waals surface area (Å²) in [7, 11) is 0. The van der Waals surface area contributed by atoms with Crippen molar-refractivity contribution in [3.8, 4) is 0 Å². The Labute approximate surface area is 99.6 Å². The van der Waals surface area contributed by atoms with Crippen molar-refractivity contribution in [3.05, 3.63) is 35.4 Å². The minimum absolute atomic E-state index is 0.0569. The van der Waals surface area contributed by atoms with E-state index in [1.54, 1.807) is 19.1 Å². The van der Waals surface area contributed by atoms with Crippen LogP contribution in [0.4, 0.5) is 4.39 Å². The van der Waals surface area contributed by atoms with Crippen LogP contribution in [0.2, 0.25) is 0 Å². The van der Waals surface area contributed by atoms with Gasteiger partial charge in [0.05, 0.1) is 6.61 Å². The van der Waals surface area contributed by atoms with Crippen LogP contribution in [0, 0.1) is 0 Å². The van der Waals surface area contributed by atoms with E-state index in [4.69, 9.17) is 0 Å². The van der Waals surface area contributed by atoms with Crippen LogP contribution in [0.15, 0.2) is 24.3 Å². The number of ether oxygens (including phenoxy) is 1. The third-order valence-corrected chi connectivity index (χ3v) is 2.37. The fourth-order valence-corrected chi connectivity index (χ4v) is 1.37. The third-order valence-electron chi connectivity index (χ3n) is 2.37. The van der Waals surface area contributed by atoms with E-state index in [0.29, 0.717) is 0 Å². The van der Waals surface area contributed by atoms with E-state index in [9.17, 15) is 14.0 Å². The minimum atomic E-state index is -2.23. The van der Waals surface area contributed by atoms with Gasteiger partial charge in [0.25, 0.3) is 6.17 Å². The number of hydrogen-bond donors (Lipinski definition) is 0. The molecule has 0 aliphatic heterocycles. The molecule has 1 atom stereocenters. The van der Waals surface area contributed by atoms with E-state index in [1.165, 1.54) is 12.1 Å². The number of rotatable bonds is 5. The second-order valence-corrected chi connectivity index (χ2v) is 3.53. The van der Waals surface area contributed by atoms with Gasteiger partial charge in [-0.2, -0.15) is 0 Å². The Morgan fingerprint density at radius 2 is 1.82 bits per heavy atom. The molecule has 0 bridgehead atoms. The third kappa shape index (κ3) is 3.37. The first kappa shape index (κ1) is 13.4. The Kier molecular flexibility index (Phi) is 4.82. The lowest BCUT2D eigenvalue weighted by Crippen LogP contribution is -2.27. The van der Waals surface area contributed by atoms with Crippen LogP contribution in [-0.4, -0.2) is 24.5 Å². The topological polar surface area (TPSA) is 43.4 Å². The lowest BCUT2D eigenvalue weighted by atomic mass is 10.0. The molecule has 0 aliphatic carbocycles. The largest absolute Gasteiger partial charge is 0.463 e. The van der Waals surface area contributed by atoms with Crippen molar-refractivity contribution in [2.75, 3.05) is 6.61 Å². The van der Waals surface area contributed by atoms with Crippen LogP contribution in [0.3, 0.4) is 0 Å². The SMILES string of the molecule is CCOC(=O)C(F)C(=O)c1ccc(CC)cc1. The summed E-state index contributed by atoms with van der Waals surface area (Å²) in [6.07, 6.45) is -1.40. The molecule has 0 aromatic heterocycles. The highest BCUT2D eigenvalue weighted by Crippen LogP contribution is 2.10. The van der Waals surface area contributed by atoms with E-state index in [2.05, 4.69) is 4.74 Å². The molecule has 1 rings (SSSR count). The zero-order valence-corrected chi connectivity index (χ0v) is 9.90. The molecular formula is C13H15FO3. The lowest BCUT2D eigenvalue weighted by molar-refractivity contribution is -0.147. The van der Waals surface area contributed by atoms with Gasteiger partial charge in [-0.1, -0.05) is 31.2 Å². The zero-order valence-electron chi connectivity index (χ0n) is 9.90. The maximum Gasteiger partial charge on any atom is 0.348 e. The quantitative estimate of drug-likeness (QED) is 0.449. The first-order chi connectivity index (χ1) is 8.10. The summed E-state index contributed by atoms with van der Waals surface area (Å²) in [4.78, 5) is 22.6. The number of hydrogen-bond acceptors (Lipinski definition) is 3. The number of halogens is 1. The van der Waals surface area contributed by atoms with Gasteiger partial charge in [-0.3, -0.25) is 4.79 Å². The molecule has 0 N–H and O–H groups in total. The molecule has 0 heterocycles. The lowest BCUT2D eigenvalue weighted by Gasteiger charge is -2.07. The Hall–Kier alpha value is -1.71. The van der Waals surface area contributed by atoms with Gasteiger partial charge >= 0.3 is 5.97 Å². The summed E-state index contributed by atoms with van der Waals surface area (Å²) in [5.41, 5.74) is 1.23. The Balaban J connectivity index is 2.77. The number of esters is 1. The van der Waals surface area contributed by atoms with Crippen LogP contribution in [-0.2, 0) is 16.0 Å². The average molecular weight is 238 g/mol. The van der Waals surface area contributed by atoms with E-state index >= 15 is 0 Å². The molecule has 0 amide bonds. The van der Waals surface area contributed by atoms with E-state index < -0.39 is 17.9 Å². The van der Waals surface area contributed by atoms with Crippen molar-refractivity contribution in [3.63, 3.8) is 0 Å². The fraction of sp³-hybridized carbons (Fsp3) is 0.385. The van der Waals surface area contributed by atoms with Gasteiger partial charge in [0, 0.05) is 5.56 Å². The molecule has 17 heavy (non-hydrogen) atoms. The highest BCUT2D eigenvalue weighted by molar-refractivity contribution is 6.11. The predicted octanol–water partition coefficient (Wildman–Crippen LogP) is 2.33. The van der Waals surface area contributed by atoms with Crippen molar-refractivity contribution in [1.82, 2.24) is 0 Å². The maximum absolute atomic E-state index is 13.4. The number of alkyl halides is 1. The molecule has 0 spiro atoms. The van der Waals surface area contributed by atoms with Crippen LogP contribution in [0.1, 0.15) is 29.8 Å². The van der Waals surface area contributed by atoms with Crippen LogP contribution >= 0.6 is 0 Å². The molecule has 0 radical (unpaired) electrons. The first-order valence-corrected chi connectivity index (χ1v) is 5.54. The standard InChI is InChI=1S/C13H15FO3/c1-3-9-5-7-10(8-6-9)12(15)11(14)13(16)17-4-2/h5-8,11H,3-4H2,1-2H3. The normalized spacial score (nSPS) is 11.9. The van der Waals surface area contributed by atoms with Gasteiger partial charge in [-0.05, 0) is 18.9 Å². The predicted molar refractivity (Wildman–Crippen MR) is 61.7 cm³/mol. The second-order valence-electron chi connectivity index (χ2n) is 3.53. The summed E-state index contributed by atoms with van der Waals surface area (Å²) >= 11 is 0. The van der Waals surface area contributed by atoms with Crippen molar-refractivity contribution < 1.29 is 18.7 Å². The summed E-state index contributed by atoms with van der Waals surface area (Å²) in [6, 6.07) is 6.52. The van der Waals surface area contributed by atoms with Gasteiger partial charge in [-0.25, -0.2) is 9.18 Å². The maximum atomic E-state index is 13.4. The summed E-state index contributed by atoms with van der Waals surface area (Å²) in [5, 5.41) is 0. The van der Waals surface area contributed by atoms with Gasteiger partial charge in [0.2, 0.25) is 5.78 Å². The van der Waals surface area contributed by atoms with Crippen LogP contribution in [0.5, 0.6) is 0 Å². The molecular weight excluding hydrogens is 223 g/mol. The Morgan fingerprint density at radius 1 is 1.24 bits per heavy atom. The Bertz CT molecular complexity index is 398. The number of carbonyl (C=O) groups is 2. The molecule has 4 heteroatoms. The minimum Gasteiger partial charge on any atom is -0.463 e. The van der Waals surface area contributed by atoms with E-state index in [-0.39, 0.29) is 12.2 Å². The van der Waals surface area contributed by atoms with E-state index in [1.807, 2.05) is 6.92 Å². The van der Waals surface area contributed by atoms with Crippen molar-refractivity contribution in [2.24, 2.45) is 0 Å². The first-order valence-electron chi connectivity index (χ1n) is 5.54. The molecule has 0 fully saturated rings. The molecule has 0 saturated carbocycles. The average Bonchev–Trinajstić information content (AvgIpc) is 2.37. The number of Topliss-reactive ketones (excluding diaryl/α,β-unsaturated/α-hetero) is 1. The molecule has 0 saturated heterocycles. The van der Waals surface area contributed by atoms with Crippen molar-refractivity contribution in [2.45, 2.75) is 26.4 Å². The van der Waals surface area contributed by atoms with Crippen LogP contribution < -0.4 is 0 Å². The van der Waals surface area contributed by atoms with Gasteiger partial charge < -0.3 is 4.74 Å². The molecule has 92 valence electrons. The second kappa shape index (κ2) is 6.13. The number of ketones is 1. The summed E-state index contributed by atoms with van der Waals surface area (Å²) in [5.74, 6) is -1.98. The number of benzene rings is 1. The highest BCUT2D eigenvalue weighted by Gasteiger charge is 2.28.